The normalized spacial score (nSPS) is 17.8. The van der Waals surface area contributed by atoms with Gasteiger partial charge in [0.05, 0.1) is 25.0 Å². The highest BCUT2D eigenvalue weighted by molar-refractivity contribution is 5.93. The van der Waals surface area contributed by atoms with E-state index in [1.165, 1.54) is 56.9 Å². The number of amides is 3. The Balaban J connectivity index is 1.64. The highest BCUT2D eigenvalue weighted by Crippen LogP contribution is 2.26. The van der Waals surface area contributed by atoms with Crippen molar-refractivity contribution in [2.75, 3.05) is 33.8 Å². The first kappa shape index (κ1) is 35.1. The lowest BCUT2D eigenvalue weighted by molar-refractivity contribution is -0.141. The van der Waals surface area contributed by atoms with E-state index in [0.29, 0.717) is 18.6 Å². The maximum atomic E-state index is 14.3. The number of carbonyl (C=O) groups excluding carboxylic acids is 3. The van der Waals surface area contributed by atoms with Crippen LogP contribution in [0.2, 0.25) is 0 Å². The van der Waals surface area contributed by atoms with Crippen LogP contribution in [-0.4, -0.2) is 101 Å². The van der Waals surface area contributed by atoms with Crippen LogP contribution in [0, 0.1) is 24.0 Å². The van der Waals surface area contributed by atoms with Crippen molar-refractivity contribution >= 4 is 17.7 Å². The smallest absolute Gasteiger partial charge is 0.274 e. The molecular formula is C34H40F2N6O5. The molecular weight excluding hydrogens is 610 g/mol. The summed E-state index contributed by atoms with van der Waals surface area (Å²) >= 11 is 0. The summed E-state index contributed by atoms with van der Waals surface area (Å²) in [6.45, 7) is 2.14. The lowest BCUT2D eigenvalue weighted by Crippen LogP contribution is -2.59. The number of nitrogens with one attached hydrogen (secondary N) is 2. The first-order valence-electron chi connectivity index (χ1n) is 15.2. The summed E-state index contributed by atoms with van der Waals surface area (Å²) in [6.07, 6.45) is 8.14. The lowest BCUT2D eigenvalue weighted by atomic mass is 10.1. The van der Waals surface area contributed by atoms with Gasteiger partial charge in [0.15, 0.2) is 0 Å². The van der Waals surface area contributed by atoms with Crippen molar-refractivity contribution in [3.05, 3.63) is 83.9 Å². The van der Waals surface area contributed by atoms with Gasteiger partial charge in [0, 0.05) is 39.9 Å². The standard InChI is InChI=1S/C34H40F2N6O5/c1-6-29(37-3)32(43)39-31(22(2)46-5)34(45)42-19-28(47-27-13-11-25(36)12-14-27)17-26(42)18-41(33(44)30-20-40(4)21-38-30)16-15-23-7-9-24(35)10-8-23/h1,7-14,20-22,26,28-29,31,37H,15-19H2,2-5H3,(H,39,43)/t22-,26+,28+,29+,31+/m1/s1. The number of likely N-dealkylation sites (N-methyl/N-ethyl adjacent to an activating group) is 1. The number of hydrogen-bond acceptors (Lipinski definition) is 7. The van der Waals surface area contributed by atoms with Crippen molar-refractivity contribution in [1.29, 1.82) is 0 Å². The van der Waals surface area contributed by atoms with Gasteiger partial charge in [-0.25, -0.2) is 13.8 Å². The SMILES string of the molecule is C#C[C@H](NC)C(=O)N[C@H](C(=O)N1C[C@@H](Oc2ccc(F)cc2)C[C@H]1CN(CCc1ccc(F)cc1)C(=O)c1cn(C)cn1)[C@@H](C)OC. The molecule has 1 fully saturated rings. The zero-order valence-corrected chi connectivity index (χ0v) is 26.9. The van der Waals surface area contributed by atoms with Crippen molar-refractivity contribution in [1.82, 2.24) is 30.0 Å². The summed E-state index contributed by atoms with van der Waals surface area (Å²) in [4.78, 5) is 48.4. The van der Waals surface area contributed by atoms with Crippen LogP contribution in [0.25, 0.3) is 0 Å². The van der Waals surface area contributed by atoms with E-state index in [1.54, 1.807) is 46.7 Å². The number of rotatable bonds is 14. The van der Waals surface area contributed by atoms with Crippen LogP contribution in [-0.2, 0) is 27.8 Å². The molecule has 0 saturated carbocycles. The molecule has 2 aromatic carbocycles. The molecule has 2 N–H and O–H groups in total. The minimum absolute atomic E-state index is 0.108. The highest BCUT2D eigenvalue weighted by Gasteiger charge is 2.42. The van der Waals surface area contributed by atoms with E-state index < -0.39 is 48.0 Å². The average molecular weight is 651 g/mol. The first-order chi connectivity index (χ1) is 22.5. The molecule has 1 aromatic heterocycles. The van der Waals surface area contributed by atoms with Crippen LogP contribution >= 0.6 is 0 Å². The molecule has 3 amide bonds. The molecule has 1 aliphatic heterocycles. The third-order valence-electron chi connectivity index (χ3n) is 8.12. The summed E-state index contributed by atoms with van der Waals surface area (Å²) in [6, 6.07) is 8.97. The number of aryl methyl sites for hydroxylation is 1. The molecule has 3 aromatic rings. The van der Waals surface area contributed by atoms with Gasteiger partial charge in [-0.15, -0.1) is 6.42 Å². The van der Waals surface area contributed by atoms with Gasteiger partial charge in [-0.1, -0.05) is 18.1 Å². The van der Waals surface area contributed by atoms with E-state index >= 15 is 0 Å². The predicted molar refractivity (Wildman–Crippen MR) is 170 cm³/mol. The molecule has 2 heterocycles. The molecule has 0 spiro atoms. The van der Waals surface area contributed by atoms with Crippen molar-refractivity contribution in [3.8, 4) is 18.1 Å². The Kier molecular flexibility index (Phi) is 12.1. The molecule has 250 valence electrons. The van der Waals surface area contributed by atoms with Crippen LogP contribution in [0.1, 0.15) is 29.4 Å². The van der Waals surface area contributed by atoms with Crippen molar-refractivity contribution in [3.63, 3.8) is 0 Å². The zero-order chi connectivity index (χ0) is 34.1. The summed E-state index contributed by atoms with van der Waals surface area (Å²) in [7, 11) is 4.72. The number of benzene rings is 2. The Labute approximate surface area is 273 Å². The zero-order valence-electron chi connectivity index (χ0n) is 26.9. The number of nitrogens with zero attached hydrogens (tertiary/aromatic N) is 4. The summed E-state index contributed by atoms with van der Waals surface area (Å²) < 4.78 is 40.4. The second-order valence-electron chi connectivity index (χ2n) is 11.4. The molecule has 0 aliphatic carbocycles. The van der Waals surface area contributed by atoms with Crippen LogP contribution in [0.3, 0.4) is 0 Å². The third-order valence-corrected chi connectivity index (χ3v) is 8.12. The number of likely N-dealkylation sites (tertiary alicyclic amines) is 1. The molecule has 0 bridgehead atoms. The second-order valence-corrected chi connectivity index (χ2v) is 11.4. The minimum Gasteiger partial charge on any atom is -0.489 e. The van der Waals surface area contributed by atoms with Crippen molar-refractivity contribution in [2.45, 2.75) is 50.1 Å². The summed E-state index contributed by atoms with van der Waals surface area (Å²) in [5.74, 6) is 0.629. The Hall–Kier alpha value is -4.80. The third kappa shape index (κ3) is 9.15. The van der Waals surface area contributed by atoms with Gasteiger partial charge in [0.25, 0.3) is 5.91 Å². The predicted octanol–water partition coefficient (Wildman–Crippen LogP) is 2.17. The number of terminal acetylenes is 1. The summed E-state index contributed by atoms with van der Waals surface area (Å²) in [5, 5.41) is 5.45. The van der Waals surface area contributed by atoms with E-state index in [4.69, 9.17) is 15.9 Å². The number of carbonyl (C=O) groups is 3. The van der Waals surface area contributed by atoms with Crippen LogP contribution in [0.4, 0.5) is 8.78 Å². The van der Waals surface area contributed by atoms with Crippen LogP contribution < -0.4 is 15.4 Å². The van der Waals surface area contributed by atoms with Gasteiger partial charge in [-0.2, -0.15) is 0 Å². The molecule has 1 saturated heterocycles. The number of imidazole rings is 1. The van der Waals surface area contributed by atoms with Gasteiger partial charge < -0.3 is 29.2 Å². The molecule has 4 rings (SSSR count). The fraction of sp³-hybridized carbons (Fsp3) is 0.412. The van der Waals surface area contributed by atoms with E-state index in [0.717, 1.165) is 5.56 Å². The number of halogens is 2. The van der Waals surface area contributed by atoms with Crippen molar-refractivity contribution < 1.29 is 32.6 Å². The highest BCUT2D eigenvalue weighted by atomic mass is 19.1. The Bertz CT molecular complexity index is 1560. The van der Waals surface area contributed by atoms with Crippen molar-refractivity contribution in [2.24, 2.45) is 7.05 Å². The molecule has 5 atom stereocenters. The van der Waals surface area contributed by atoms with E-state index in [-0.39, 0.29) is 37.1 Å². The summed E-state index contributed by atoms with van der Waals surface area (Å²) in [5.41, 5.74) is 1.05. The lowest BCUT2D eigenvalue weighted by Gasteiger charge is -2.34. The van der Waals surface area contributed by atoms with Crippen LogP contribution in [0.5, 0.6) is 5.75 Å². The van der Waals surface area contributed by atoms with Gasteiger partial charge in [-0.3, -0.25) is 19.7 Å². The molecule has 11 nitrogen and oxygen atoms in total. The van der Waals surface area contributed by atoms with E-state index in [1.807, 2.05) is 0 Å². The molecule has 47 heavy (non-hydrogen) atoms. The molecule has 13 heteroatoms. The Morgan fingerprint density at radius 2 is 1.79 bits per heavy atom. The molecule has 0 unspecified atom stereocenters. The Morgan fingerprint density at radius 3 is 2.36 bits per heavy atom. The monoisotopic (exact) mass is 650 g/mol. The fourth-order valence-corrected chi connectivity index (χ4v) is 5.46. The van der Waals surface area contributed by atoms with E-state index in [9.17, 15) is 23.2 Å². The van der Waals surface area contributed by atoms with Crippen LogP contribution in [0.15, 0.2) is 61.1 Å². The second kappa shape index (κ2) is 16.2. The average Bonchev–Trinajstić information content (AvgIpc) is 3.68. The van der Waals surface area contributed by atoms with Gasteiger partial charge in [0.2, 0.25) is 11.8 Å². The van der Waals surface area contributed by atoms with Gasteiger partial charge in [0.1, 0.15) is 41.3 Å². The maximum absolute atomic E-state index is 14.3. The Morgan fingerprint density at radius 1 is 1.13 bits per heavy atom. The fourth-order valence-electron chi connectivity index (χ4n) is 5.46. The maximum Gasteiger partial charge on any atom is 0.274 e. The minimum atomic E-state index is -1.11. The van der Waals surface area contributed by atoms with Gasteiger partial charge >= 0.3 is 0 Å². The number of hydrogen-bond donors (Lipinski definition) is 2. The molecule has 1 aliphatic rings. The largest absolute Gasteiger partial charge is 0.489 e. The number of aromatic nitrogens is 2. The van der Waals surface area contributed by atoms with E-state index in [2.05, 4.69) is 21.5 Å². The quantitative estimate of drug-likeness (QED) is 0.257. The number of ether oxygens (including phenoxy) is 2. The first-order valence-corrected chi connectivity index (χ1v) is 15.2. The topological polar surface area (TPSA) is 118 Å². The molecule has 0 radical (unpaired) electrons. The number of methoxy groups -OCH3 is 1. The van der Waals surface area contributed by atoms with Gasteiger partial charge in [-0.05, 0) is 62.4 Å².